The second-order valence-corrected chi connectivity index (χ2v) is 7.26. The van der Waals surface area contributed by atoms with Crippen molar-refractivity contribution in [3.63, 3.8) is 0 Å². The third kappa shape index (κ3) is 5.59. The smallest absolute Gasteiger partial charge is 0.355 e. The highest BCUT2D eigenvalue weighted by Gasteiger charge is 2.28. The van der Waals surface area contributed by atoms with Gasteiger partial charge in [0.05, 0.1) is 13.2 Å². The number of rotatable bonds is 10. The number of Topliss-reactive ketones (excluding diaryl/α,β-unsaturated/α-hetero) is 1. The summed E-state index contributed by atoms with van der Waals surface area (Å²) in [5.41, 5.74) is 2.26. The molecule has 7 heteroatoms. The number of carbonyl (C=O) groups is 3. The lowest BCUT2D eigenvalue weighted by Crippen LogP contribution is -2.43. The molecule has 0 unspecified atom stereocenters. The van der Waals surface area contributed by atoms with Gasteiger partial charge in [-0.05, 0) is 52.5 Å². The van der Waals surface area contributed by atoms with Crippen LogP contribution in [0.1, 0.15) is 73.1 Å². The largest absolute Gasteiger partial charge is 0.461 e. The first-order chi connectivity index (χ1) is 13.2. The van der Waals surface area contributed by atoms with Gasteiger partial charge in [0.25, 0.3) is 0 Å². The highest BCUT2D eigenvalue weighted by atomic mass is 16.5. The maximum absolute atomic E-state index is 13.1. The van der Waals surface area contributed by atoms with Gasteiger partial charge in [0.1, 0.15) is 5.69 Å². The minimum atomic E-state index is -0.426. The lowest BCUT2D eigenvalue weighted by molar-refractivity contribution is 0.0512. The van der Waals surface area contributed by atoms with Crippen LogP contribution in [0.5, 0.6) is 0 Å². The maximum atomic E-state index is 13.1. The zero-order valence-electron chi connectivity index (χ0n) is 18.3. The van der Waals surface area contributed by atoms with E-state index in [2.05, 4.69) is 19.2 Å². The zero-order chi connectivity index (χ0) is 21.4. The van der Waals surface area contributed by atoms with Crippen LogP contribution in [0.2, 0.25) is 0 Å². The SMILES string of the molecule is CCNC(=O)N(CCC(C)C)CC(=O)c1c(C)c(C(=O)OCC)n(CC)c1C. The molecule has 7 nitrogen and oxygen atoms in total. The second-order valence-electron chi connectivity index (χ2n) is 7.26. The summed E-state index contributed by atoms with van der Waals surface area (Å²) in [6.45, 7) is 15.1. The molecule has 0 aliphatic rings. The van der Waals surface area contributed by atoms with Crippen molar-refractivity contribution >= 4 is 17.8 Å². The lowest BCUT2D eigenvalue weighted by atomic mass is 10.0. The van der Waals surface area contributed by atoms with Gasteiger partial charge in [0, 0.05) is 30.9 Å². The number of ketones is 1. The zero-order valence-corrected chi connectivity index (χ0v) is 18.3. The molecule has 1 N–H and O–H groups in total. The second kappa shape index (κ2) is 10.9. The molecule has 158 valence electrons. The van der Waals surface area contributed by atoms with E-state index in [1.807, 2.05) is 25.3 Å². The molecule has 1 aromatic heterocycles. The van der Waals surface area contributed by atoms with Crippen LogP contribution in [-0.2, 0) is 11.3 Å². The molecule has 1 rings (SSSR count). The van der Waals surface area contributed by atoms with Crippen molar-refractivity contribution in [2.24, 2.45) is 5.92 Å². The lowest BCUT2D eigenvalue weighted by Gasteiger charge is -2.23. The summed E-state index contributed by atoms with van der Waals surface area (Å²) in [6, 6.07) is -0.243. The summed E-state index contributed by atoms with van der Waals surface area (Å²) in [5, 5.41) is 2.77. The number of nitrogens with one attached hydrogen (secondary N) is 1. The average molecular weight is 394 g/mol. The van der Waals surface area contributed by atoms with Crippen molar-refractivity contribution in [1.29, 1.82) is 0 Å². The standard InChI is InChI=1S/C21H35N3O4/c1-8-22-21(27)23(12-11-14(4)5)13-17(25)18-15(6)19(20(26)28-10-3)24(9-2)16(18)7/h14H,8-13H2,1-7H3,(H,22,27). The monoisotopic (exact) mass is 393 g/mol. The van der Waals surface area contributed by atoms with E-state index in [0.717, 1.165) is 12.1 Å². The summed E-state index contributed by atoms with van der Waals surface area (Å²) >= 11 is 0. The van der Waals surface area contributed by atoms with Crippen LogP contribution in [0, 0.1) is 19.8 Å². The van der Waals surface area contributed by atoms with Crippen molar-refractivity contribution in [1.82, 2.24) is 14.8 Å². The summed E-state index contributed by atoms with van der Waals surface area (Å²) in [6.07, 6.45) is 0.812. The van der Waals surface area contributed by atoms with Crippen LogP contribution in [0.4, 0.5) is 4.79 Å². The van der Waals surface area contributed by atoms with E-state index in [1.165, 1.54) is 0 Å². The van der Waals surface area contributed by atoms with Gasteiger partial charge in [-0.2, -0.15) is 0 Å². The Morgan fingerprint density at radius 3 is 2.29 bits per heavy atom. The Bertz CT molecular complexity index is 707. The minimum absolute atomic E-state index is 0.0176. The Hall–Kier alpha value is -2.31. The van der Waals surface area contributed by atoms with Crippen LogP contribution in [0.25, 0.3) is 0 Å². The molecule has 28 heavy (non-hydrogen) atoms. The summed E-state index contributed by atoms with van der Waals surface area (Å²) in [4.78, 5) is 39.5. The molecule has 0 aliphatic heterocycles. The number of nitrogens with zero attached hydrogens (tertiary/aromatic N) is 2. The number of urea groups is 1. The molecule has 0 atom stereocenters. The molecule has 1 heterocycles. The van der Waals surface area contributed by atoms with Crippen LogP contribution in [-0.4, -0.2) is 53.5 Å². The van der Waals surface area contributed by atoms with Crippen LogP contribution in [0.3, 0.4) is 0 Å². The van der Waals surface area contributed by atoms with Gasteiger partial charge in [-0.15, -0.1) is 0 Å². The fourth-order valence-corrected chi connectivity index (χ4v) is 3.35. The quantitative estimate of drug-likeness (QED) is 0.487. The predicted octanol–water partition coefficient (Wildman–Crippen LogP) is 3.56. The fraction of sp³-hybridized carbons (Fsp3) is 0.667. The van der Waals surface area contributed by atoms with E-state index in [-0.39, 0.29) is 25.0 Å². The number of ether oxygens (including phenoxy) is 1. The van der Waals surface area contributed by atoms with Gasteiger partial charge in [-0.3, -0.25) is 4.79 Å². The number of esters is 1. The molecule has 0 saturated carbocycles. The molecule has 0 spiro atoms. The summed E-state index contributed by atoms with van der Waals surface area (Å²) in [7, 11) is 0. The van der Waals surface area contributed by atoms with Crippen LogP contribution < -0.4 is 5.32 Å². The number of hydrogen-bond acceptors (Lipinski definition) is 4. The number of carbonyl (C=O) groups excluding carboxylic acids is 3. The first-order valence-corrected chi connectivity index (χ1v) is 10.1. The molecule has 0 aliphatic carbocycles. The summed E-state index contributed by atoms with van der Waals surface area (Å²) < 4.78 is 6.98. The van der Waals surface area contributed by atoms with Crippen LogP contribution in [0.15, 0.2) is 0 Å². The van der Waals surface area contributed by atoms with E-state index in [9.17, 15) is 14.4 Å². The van der Waals surface area contributed by atoms with E-state index >= 15 is 0 Å². The normalized spacial score (nSPS) is 10.9. The van der Waals surface area contributed by atoms with Gasteiger partial charge in [-0.1, -0.05) is 13.8 Å². The molecule has 0 aromatic carbocycles. The fourth-order valence-electron chi connectivity index (χ4n) is 3.35. The van der Waals surface area contributed by atoms with Crippen molar-refractivity contribution < 1.29 is 19.1 Å². The summed E-state index contributed by atoms with van der Waals surface area (Å²) in [5.74, 6) is -0.167. The molecule has 0 bridgehead atoms. The average Bonchev–Trinajstić information content (AvgIpc) is 2.88. The van der Waals surface area contributed by atoms with E-state index in [4.69, 9.17) is 4.74 Å². The third-order valence-electron chi connectivity index (χ3n) is 4.76. The Morgan fingerprint density at radius 2 is 1.79 bits per heavy atom. The van der Waals surface area contributed by atoms with Crippen molar-refractivity contribution in [3.05, 3.63) is 22.5 Å². The molecule has 2 amide bonds. The van der Waals surface area contributed by atoms with Gasteiger partial charge >= 0.3 is 12.0 Å². The van der Waals surface area contributed by atoms with Crippen molar-refractivity contribution in [3.8, 4) is 0 Å². The Morgan fingerprint density at radius 1 is 1.14 bits per heavy atom. The van der Waals surface area contributed by atoms with Gasteiger partial charge in [0.15, 0.2) is 5.78 Å². The first-order valence-electron chi connectivity index (χ1n) is 10.1. The van der Waals surface area contributed by atoms with Crippen molar-refractivity contribution in [2.75, 3.05) is 26.2 Å². The first kappa shape index (κ1) is 23.7. The van der Waals surface area contributed by atoms with E-state index in [0.29, 0.717) is 42.4 Å². The molecule has 0 saturated heterocycles. The predicted molar refractivity (Wildman–Crippen MR) is 110 cm³/mol. The third-order valence-corrected chi connectivity index (χ3v) is 4.76. The molecular weight excluding hydrogens is 358 g/mol. The number of amides is 2. The van der Waals surface area contributed by atoms with E-state index < -0.39 is 5.97 Å². The minimum Gasteiger partial charge on any atom is -0.461 e. The van der Waals surface area contributed by atoms with Gasteiger partial charge < -0.3 is 19.5 Å². The highest BCUT2D eigenvalue weighted by molar-refractivity contribution is 6.04. The molecule has 0 radical (unpaired) electrons. The number of hydrogen-bond donors (Lipinski definition) is 1. The van der Waals surface area contributed by atoms with Gasteiger partial charge in [0.2, 0.25) is 0 Å². The van der Waals surface area contributed by atoms with Gasteiger partial charge in [-0.25, -0.2) is 9.59 Å². The molecular formula is C21H35N3O4. The topological polar surface area (TPSA) is 80.6 Å². The molecule has 0 fully saturated rings. The highest BCUT2D eigenvalue weighted by Crippen LogP contribution is 2.24. The van der Waals surface area contributed by atoms with E-state index in [1.54, 1.807) is 18.7 Å². The molecule has 1 aromatic rings. The van der Waals surface area contributed by atoms with Crippen LogP contribution >= 0.6 is 0 Å². The Kier molecular flexibility index (Phi) is 9.22. The Balaban J connectivity index is 3.21. The van der Waals surface area contributed by atoms with Crippen molar-refractivity contribution in [2.45, 2.75) is 61.4 Å². The number of aromatic nitrogens is 1. The Labute approximate surface area is 168 Å². The maximum Gasteiger partial charge on any atom is 0.355 e.